The third kappa shape index (κ3) is 4.17. The molecule has 2 aromatic rings. The molecule has 0 saturated carbocycles. The first-order valence-electron chi connectivity index (χ1n) is 6.98. The van der Waals surface area contributed by atoms with Gasteiger partial charge in [0.2, 0.25) is 5.91 Å². The molecule has 1 unspecified atom stereocenters. The second kappa shape index (κ2) is 6.02. The quantitative estimate of drug-likeness (QED) is 0.698. The standard InChI is InChI=1S/C16H21N3OS/c1-10(14(20)19-16(3,4)5)21-15-12-8-6-7-9-13(12)17-11(2)18-15/h6-10H,1-5H3,(H,19,20). The van der Waals surface area contributed by atoms with Crippen LogP contribution in [-0.4, -0.2) is 26.7 Å². The fourth-order valence-corrected chi connectivity index (χ4v) is 2.93. The first-order valence-corrected chi connectivity index (χ1v) is 7.86. The predicted octanol–water partition coefficient (Wildman–Crippen LogP) is 3.33. The summed E-state index contributed by atoms with van der Waals surface area (Å²) in [7, 11) is 0. The van der Waals surface area contributed by atoms with Gasteiger partial charge in [-0.05, 0) is 40.7 Å². The minimum Gasteiger partial charge on any atom is -0.351 e. The lowest BCUT2D eigenvalue weighted by Crippen LogP contribution is -2.44. The molecule has 5 heteroatoms. The molecule has 112 valence electrons. The van der Waals surface area contributed by atoms with Crippen molar-refractivity contribution in [3.63, 3.8) is 0 Å². The Hall–Kier alpha value is -1.62. The molecule has 0 saturated heterocycles. The first kappa shape index (κ1) is 15.8. The maximum absolute atomic E-state index is 12.2. The van der Waals surface area contributed by atoms with Gasteiger partial charge in [-0.25, -0.2) is 9.97 Å². The number of hydrogen-bond acceptors (Lipinski definition) is 4. The molecule has 2 rings (SSSR count). The van der Waals surface area contributed by atoms with Gasteiger partial charge in [0, 0.05) is 10.9 Å². The number of nitrogens with zero attached hydrogens (tertiary/aromatic N) is 2. The van der Waals surface area contributed by atoms with Crippen molar-refractivity contribution in [1.29, 1.82) is 0 Å². The average molecular weight is 303 g/mol. The maximum Gasteiger partial charge on any atom is 0.233 e. The topological polar surface area (TPSA) is 54.9 Å². The van der Waals surface area contributed by atoms with Crippen molar-refractivity contribution >= 4 is 28.6 Å². The van der Waals surface area contributed by atoms with Crippen LogP contribution in [0.2, 0.25) is 0 Å². The summed E-state index contributed by atoms with van der Waals surface area (Å²) in [5.41, 5.74) is 0.686. The normalized spacial score (nSPS) is 13.2. The third-order valence-corrected chi connectivity index (χ3v) is 3.94. The first-order chi connectivity index (χ1) is 9.76. The van der Waals surface area contributed by atoms with E-state index in [1.54, 1.807) is 0 Å². The number of rotatable bonds is 3. The summed E-state index contributed by atoms with van der Waals surface area (Å²) in [5, 5.41) is 4.64. The summed E-state index contributed by atoms with van der Waals surface area (Å²) in [5.74, 6) is 0.743. The number of fused-ring (bicyclic) bond motifs is 1. The van der Waals surface area contributed by atoms with Crippen molar-refractivity contribution in [1.82, 2.24) is 15.3 Å². The van der Waals surface area contributed by atoms with Gasteiger partial charge in [0.25, 0.3) is 0 Å². The number of thioether (sulfide) groups is 1. The zero-order valence-electron chi connectivity index (χ0n) is 13.1. The minimum absolute atomic E-state index is 0.0212. The van der Waals surface area contributed by atoms with Gasteiger partial charge >= 0.3 is 0 Å². The van der Waals surface area contributed by atoms with E-state index in [1.165, 1.54) is 11.8 Å². The largest absolute Gasteiger partial charge is 0.351 e. The summed E-state index contributed by atoms with van der Waals surface area (Å²) in [6.07, 6.45) is 0. The van der Waals surface area contributed by atoms with Crippen LogP contribution in [0.3, 0.4) is 0 Å². The number of amides is 1. The number of aromatic nitrogens is 2. The van der Waals surface area contributed by atoms with Crippen LogP contribution in [0.1, 0.15) is 33.5 Å². The molecule has 0 radical (unpaired) electrons. The third-order valence-electron chi connectivity index (χ3n) is 2.84. The Kier molecular flexibility index (Phi) is 4.52. The molecule has 21 heavy (non-hydrogen) atoms. The Morgan fingerprint density at radius 2 is 1.90 bits per heavy atom. The Balaban J connectivity index is 2.25. The molecule has 1 atom stereocenters. The highest BCUT2D eigenvalue weighted by molar-refractivity contribution is 8.00. The van der Waals surface area contributed by atoms with Crippen LogP contribution in [0.15, 0.2) is 29.3 Å². The molecule has 1 N–H and O–H groups in total. The van der Waals surface area contributed by atoms with Gasteiger partial charge in [-0.3, -0.25) is 4.79 Å². The molecular weight excluding hydrogens is 282 g/mol. The summed E-state index contributed by atoms with van der Waals surface area (Å²) in [6, 6.07) is 7.88. The lowest BCUT2D eigenvalue weighted by Gasteiger charge is -2.23. The number of aryl methyl sites for hydroxylation is 1. The number of carbonyl (C=O) groups is 1. The summed E-state index contributed by atoms with van der Waals surface area (Å²) < 4.78 is 0. The lowest BCUT2D eigenvalue weighted by atomic mass is 10.1. The molecule has 4 nitrogen and oxygen atoms in total. The van der Waals surface area contributed by atoms with Crippen molar-refractivity contribution in [2.24, 2.45) is 0 Å². The van der Waals surface area contributed by atoms with E-state index in [4.69, 9.17) is 0 Å². The lowest BCUT2D eigenvalue weighted by molar-refractivity contribution is -0.121. The van der Waals surface area contributed by atoms with E-state index in [0.29, 0.717) is 0 Å². The van der Waals surface area contributed by atoms with Gasteiger partial charge in [0.1, 0.15) is 10.9 Å². The Bertz CT molecular complexity index is 664. The molecule has 1 amide bonds. The highest BCUT2D eigenvalue weighted by atomic mass is 32.2. The molecule has 0 aliphatic heterocycles. The van der Waals surface area contributed by atoms with E-state index in [2.05, 4.69) is 15.3 Å². The molecule has 0 aliphatic carbocycles. The van der Waals surface area contributed by atoms with Crippen molar-refractivity contribution in [3.05, 3.63) is 30.1 Å². The van der Waals surface area contributed by atoms with Crippen molar-refractivity contribution in [3.8, 4) is 0 Å². The van der Waals surface area contributed by atoms with E-state index >= 15 is 0 Å². The number of carbonyl (C=O) groups excluding carboxylic acids is 1. The van der Waals surface area contributed by atoms with Crippen LogP contribution in [0, 0.1) is 6.92 Å². The molecule has 1 heterocycles. The Morgan fingerprint density at radius 3 is 2.57 bits per heavy atom. The van der Waals surface area contributed by atoms with Crippen LogP contribution in [0.25, 0.3) is 10.9 Å². The molecule has 0 fully saturated rings. The zero-order valence-corrected chi connectivity index (χ0v) is 13.9. The van der Waals surface area contributed by atoms with Gasteiger partial charge < -0.3 is 5.32 Å². The van der Waals surface area contributed by atoms with Gasteiger partial charge in [0.05, 0.1) is 10.8 Å². The smallest absolute Gasteiger partial charge is 0.233 e. The summed E-state index contributed by atoms with van der Waals surface area (Å²) >= 11 is 1.47. The van der Waals surface area contributed by atoms with Gasteiger partial charge in [-0.2, -0.15) is 0 Å². The summed E-state index contributed by atoms with van der Waals surface area (Å²) in [4.78, 5) is 21.1. The van der Waals surface area contributed by atoms with Crippen LogP contribution in [-0.2, 0) is 4.79 Å². The van der Waals surface area contributed by atoms with E-state index < -0.39 is 0 Å². The predicted molar refractivity (Wildman–Crippen MR) is 87.5 cm³/mol. The van der Waals surface area contributed by atoms with E-state index in [0.717, 1.165) is 21.8 Å². The highest BCUT2D eigenvalue weighted by Crippen LogP contribution is 2.28. The monoisotopic (exact) mass is 303 g/mol. The molecule has 1 aromatic heterocycles. The fraction of sp³-hybridized carbons (Fsp3) is 0.438. The number of benzene rings is 1. The fourth-order valence-electron chi connectivity index (χ4n) is 1.94. The molecule has 1 aromatic carbocycles. The second-order valence-corrected chi connectivity index (χ2v) is 7.42. The van der Waals surface area contributed by atoms with Gasteiger partial charge in [-0.1, -0.05) is 30.0 Å². The van der Waals surface area contributed by atoms with Crippen LogP contribution in [0.4, 0.5) is 0 Å². The highest BCUT2D eigenvalue weighted by Gasteiger charge is 2.21. The maximum atomic E-state index is 12.2. The molecule has 0 spiro atoms. The van der Waals surface area contributed by atoms with E-state index in [1.807, 2.05) is 58.9 Å². The number of nitrogens with one attached hydrogen (secondary N) is 1. The second-order valence-electron chi connectivity index (χ2n) is 6.09. The minimum atomic E-state index is -0.227. The molecule has 0 aliphatic rings. The van der Waals surface area contributed by atoms with Crippen molar-refractivity contribution in [2.45, 2.75) is 50.4 Å². The van der Waals surface area contributed by atoms with Crippen LogP contribution in [0.5, 0.6) is 0 Å². The number of hydrogen-bond donors (Lipinski definition) is 1. The van der Waals surface area contributed by atoms with Gasteiger partial charge in [0.15, 0.2) is 0 Å². The molecular formula is C16H21N3OS. The summed E-state index contributed by atoms with van der Waals surface area (Å²) in [6.45, 7) is 9.71. The number of para-hydroxylation sites is 1. The van der Waals surface area contributed by atoms with Crippen LogP contribution < -0.4 is 5.32 Å². The Labute approximate surface area is 129 Å². The van der Waals surface area contributed by atoms with Crippen molar-refractivity contribution < 1.29 is 4.79 Å². The Morgan fingerprint density at radius 1 is 1.24 bits per heavy atom. The average Bonchev–Trinajstić information content (AvgIpc) is 2.36. The van der Waals surface area contributed by atoms with Crippen LogP contribution >= 0.6 is 11.8 Å². The SMILES string of the molecule is Cc1nc(SC(C)C(=O)NC(C)(C)C)c2ccccc2n1. The van der Waals surface area contributed by atoms with Gasteiger partial charge in [-0.15, -0.1) is 0 Å². The van der Waals surface area contributed by atoms with Crippen molar-refractivity contribution in [2.75, 3.05) is 0 Å². The van der Waals surface area contributed by atoms with E-state index in [9.17, 15) is 4.79 Å². The van der Waals surface area contributed by atoms with E-state index in [-0.39, 0.29) is 16.7 Å². The molecule has 0 bridgehead atoms. The zero-order chi connectivity index (χ0) is 15.6.